The molecule has 0 spiro atoms. The number of aliphatic hydroxyl groups excluding tert-OH is 3. The second-order valence-electron chi connectivity index (χ2n) is 10.4. The molecule has 0 aromatic rings. The minimum Gasteiger partial charge on any atom is -0.388 e. The monoisotopic (exact) mass is 428 g/mol. The van der Waals surface area contributed by atoms with Crippen LogP contribution in [0.15, 0.2) is 0 Å². The molecular formula is C22H36O8. The highest BCUT2D eigenvalue weighted by Gasteiger charge is 2.66. The van der Waals surface area contributed by atoms with Crippen LogP contribution < -0.4 is 0 Å². The van der Waals surface area contributed by atoms with Gasteiger partial charge < -0.3 is 39.5 Å². The Labute approximate surface area is 177 Å². The summed E-state index contributed by atoms with van der Waals surface area (Å²) in [5.41, 5.74) is -2.83. The van der Waals surface area contributed by atoms with E-state index in [9.17, 15) is 30.0 Å². The molecule has 2 aliphatic carbocycles. The minimum absolute atomic E-state index is 0.0340. The van der Waals surface area contributed by atoms with Gasteiger partial charge in [0.25, 0.3) is 0 Å². The number of rotatable bonds is 5. The van der Waals surface area contributed by atoms with E-state index in [2.05, 4.69) is 13.8 Å². The van der Waals surface area contributed by atoms with Crippen molar-refractivity contribution >= 4 is 12.6 Å². The summed E-state index contributed by atoms with van der Waals surface area (Å²) < 4.78 is 11.8. The molecule has 172 valence electrons. The topological polar surface area (TPSA) is 134 Å². The van der Waals surface area contributed by atoms with Crippen LogP contribution in [0.5, 0.6) is 0 Å². The van der Waals surface area contributed by atoms with Gasteiger partial charge in [-0.3, -0.25) is 0 Å². The van der Waals surface area contributed by atoms with Gasteiger partial charge in [0.15, 0.2) is 6.29 Å². The van der Waals surface area contributed by atoms with Gasteiger partial charge in [-0.05, 0) is 37.5 Å². The third kappa shape index (κ3) is 3.55. The summed E-state index contributed by atoms with van der Waals surface area (Å²) in [5, 5.41) is 41.6. The minimum atomic E-state index is -1.76. The summed E-state index contributed by atoms with van der Waals surface area (Å²) in [6.07, 6.45) is -2.07. The fourth-order valence-electron chi connectivity index (χ4n) is 6.48. The number of carbonyl (C=O) groups is 2. The number of hydrogen-bond acceptors (Lipinski definition) is 8. The SMILES string of the molecule is CC1OC(COC2CC(C=O)C(O)(C=O)C3(C)CCCC(C)(C)C23)C(O)C(O)C1O. The van der Waals surface area contributed by atoms with Crippen LogP contribution in [0.2, 0.25) is 0 Å². The van der Waals surface area contributed by atoms with Crippen LogP contribution >= 0.6 is 0 Å². The lowest BCUT2D eigenvalue weighted by molar-refractivity contribution is -0.257. The molecule has 4 N–H and O–H groups in total. The average molecular weight is 429 g/mol. The number of ether oxygens (including phenoxy) is 2. The lowest BCUT2D eigenvalue weighted by atomic mass is 9.44. The van der Waals surface area contributed by atoms with Crippen LogP contribution in [-0.2, 0) is 19.1 Å². The zero-order valence-corrected chi connectivity index (χ0v) is 18.2. The summed E-state index contributed by atoms with van der Waals surface area (Å²) in [7, 11) is 0. The molecule has 3 fully saturated rings. The normalized spacial score (nSPS) is 51.1. The summed E-state index contributed by atoms with van der Waals surface area (Å²) >= 11 is 0. The first kappa shape index (κ1) is 23.8. The molecule has 1 heterocycles. The van der Waals surface area contributed by atoms with E-state index in [0.717, 1.165) is 12.8 Å². The molecule has 10 atom stereocenters. The van der Waals surface area contributed by atoms with Crippen molar-refractivity contribution in [1.82, 2.24) is 0 Å². The van der Waals surface area contributed by atoms with Gasteiger partial charge in [-0.15, -0.1) is 0 Å². The Balaban J connectivity index is 1.87. The van der Waals surface area contributed by atoms with Crippen molar-refractivity contribution in [3.05, 3.63) is 0 Å². The third-order valence-corrected chi connectivity index (χ3v) is 8.15. The van der Waals surface area contributed by atoms with E-state index in [0.29, 0.717) is 19.0 Å². The molecule has 10 unspecified atom stereocenters. The molecule has 8 heteroatoms. The molecule has 0 radical (unpaired) electrons. The van der Waals surface area contributed by atoms with Crippen LogP contribution in [-0.4, -0.2) is 81.8 Å². The summed E-state index contributed by atoms with van der Waals surface area (Å²) in [4.78, 5) is 23.9. The highest BCUT2D eigenvalue weighted by Crippen LogP contribution is 2.62. The van der Waals surface area contributed by atoms with Gasteiger partial charge in [0.2, 0.25) is 0 Å². The standard InChI is InChI=1S/C22H36O8/c1-12-16(25)18(27)17(26)15(30-12)10-29-14-8-13(9-23)22(28,11-24)21(4)7-5-6-20(2,3)19(14)21/h9,11-19,25-28H,5-8,10H2,1-4H3. The highest BCUT2D eigenvalue weighted by atomic mass is 16.6. The Bertz CT molecular complexity index is 653. The van der Waals surface area contributed by atoms with Gasteiger partial charge in [-0.25, -0.2) is 0 Å². The Morgan fingerprint density at radius 1 is 1.07 bits per heavy atom. The lowest BCUT2D eigenvalue weighted by Gasteiger charge is -2.62. The number of fused-ring (bicyclic) bond motifs is 1. The smallest absolute Gasteiger partial charge is 0.152 e. The predicted octanol–water partition coefficient (Wildman–Crippen LogP) is 0.223. The maximum atomic E-state index is 12.0. The second-order valence-corrected chi connectivity index (χ2v) is 10.4. The fourth-order valence-corrected chi connectivity index (χ4v) is 6.48. The number of hydrogen-bond donors (Lipinski definition) is 4. The van der Waals surface area contributed by atoms with Crippen molar-refractivity contribution in [3.63, 3.8) is 0 Å². The van der Waals surface area contributed by atoms with Crippen molar-refractivity contribution in [1.29, 1.82) is 0 Å². The van der Waals surface area contributed by atoms with Crippen LogP contribution in [0, 0.1) is 22.7 Å². The van der Waals surface area contributed by atoms with Crippen LogP contribution in [0.25, 0.3) is 0 Å². The number of aldehydes is 2. The highest BCUT2D eigenvalue weighted by molar-refractivity contribution is 5.73. The van der Waals surface area contributed by atoms with Crippen molar-refractivity contribution < 1.29 is 39.5 Å². The van der Waals surface area contributed by atoms with Crippen molar-refractivity contribution in [2.75, 3.05) is 6.61 Å². The zero-order chi connectivity index (χ0) is 22.5. The van der Waals surface area contributed by atoms with Crippen LogP contribution in [0.4, 0.5) is 0 Å². The predicted molar refractivity (Wildman–Crippen MR) is 107 cm³/mol. The molecule has 1 aliphatic heterocycles. The molecule has 8 nitrogen and oxygen atoms in total. The van der Waals surface area contributed by atoms with Crippen LogP contribution in [0.1, 0.15) is 53.4 Å². The lowest BCUT2D eigenvalue weighted by Crippen LogP contribution is -2.68. The van der Waals surface area contributed by atoms with Crippen molar-refractivity contribution in [2.45, 2.75) is 95.6 Å². The summed E-state index contributed by atoms with van der Waals surface area (Å²) in [5.74, 6) is -1.09. The quantitative estimate of drug-likeness (QED) is 0.457. The number of aliphatic hydroxyl groups is 4. The molecule has 1 saturated heterocycles. The van der Waals surface area contributed by atoms with Gasteiger partial charge in [0, 0.05) is 5.41 Å². The molecule has 3 rings (SSSR count). The van der Waals surface area contributed by atoms with E-state index in [1.807, 2.05) is 6.92 Å². The molecule has 0 bridgehead atoms. The first-order valence-electron chi connectivity index (χ1n) is 10.9. The van der Waals surface area contributed by atoms with Gasteiger partial charge in [-0.2, -0.15) is 0 Å². The third-order valence-electron chi connectivity index (χ3n) is 8.15. The van der Waals surface area contributed by atoms with E-state index >= 15 is 0 Å². The van der Waals surface area contributed by atoms with Gasteiger partial charge >= 0.3 is 0 Å². The Kier molecular flexibility index (Phi) is 6.51. The summed E-state index contributed by atoms with van der Waals surface area (Å²) in [6, 6.07) is 0. The Morgan fingerprint density at radius 2 is 1.73 bits per heavy atom. The van der Waals surface area contributed by atoms with E-state index < -0.39 is 53.6 Å². The maximum Gasteiger partial charge on any atom is 0.152 e. The van der Waals surface area contributed by atoms with Gasteiger partial charge in [-0.1, -0.05) is 27.2 Å². The first-order chi connectivity index (χ1) is 13.9. The number of carbonyl (C=O) groups excluding carboxylic acids is 2. The zero-order valence-electron chi connectivity index (χ0n) is 18.2. The van der Waals surface area contributed by atoms with Crippen molar-refractivity contribution in [3.8, 4) is 0 Å². The van der Waals surface area contributed by atoms with Crippen molar-refractivity contribution in [2.24, 2.45) is 22.7 Å². The summed E-state index contributed by atoms with van der Waals surface area (Å²) in [6.45, 7) is 7.63. The second kappa shape index (κ2) is 8.22. The van der Waals surface area contributed by atoms with E-state index in [1.54, 1.807) is 6.92 Å². The van der Waals surface area contributed by atoms with E-state index in [-0.39, 0.29) is 24.4 Å². The molecule has 2 saturated carbocycles. The molecule has 0 aromatic carbocycles. The molecule has 0 aromatic heterocycles. The largest absolute Gasteiger partial charge is 0.388 e. The Hall–Kier alpha value is -0.900. The first-order valence-corrected chi connectivity index (χ1v) is 10.9. The van der Waals surface area contributed by atoms with Gasteiger partial charge in [0.1, 0.15) is 36.3 Å². The van der Waals surface area contributed by atoms with E-state index in [1.165, 1.54) is 0 Å². The molecular weight excluding hydrogens is 392 g/mol. The average Bonchev–Trinajstić information content (AvgIpc) is 2.69. The molecule has 30 heavy (non-hydrogen) atoms. The van der Waals surface area contributed by atoms with Crippen LogP contribution in [0.3, 0.4) is 0 Å². The fraction of sp³-hybridized carbons (Fsp3) is 0.909. The molecule has 0 amide bonds. The molecule has 3 aliphatic rings. The van der Waals surface area contributed by atoms with E-state index in [4.69, 9.17) is 9.47 Å². The van der Waals surface area contributed by atoms with Gasteiger partial charge in [0.05, 0.1) is 24.7 Å². The Morgan fingerprint density at radius 3 is 2.33 bits per heavy atom. The maximum absolute atomic E-state index is 12.0.